The highest BCUT2D eigenvalue weighted by atomic mass is 35.5. The molecule has 5 N–H and O–H groups in total. The van der Waals surface area contributed by atoms with Crippen LogP contribution < -0.4 is 21.7 Å². The van der Waals surface area contributed by atoms with Gasteiger partial charge in [0.1, 0.15) is 5.82 Å². The molecule has 9 nitrogen and oxygen atoms in total. The van der Waals surface area contributed by atoms with Crippen LogP contribution in [0.4, 0.5) is 10.1 Å². The maximum Gasteiger partial charge on any atom is 0.257 e. The summed E-state index contributed by atoms with van der Waals surface area (Å²) in [5.74, 6) is -2.27. The summed E-state index contributed by atoms with van der Waals surface area (Å²) in [5, 5.41) is 8.43. The zero-order valence-electron chi connectivity index (χ0n) is 18.0. The van der Waals surface area contributed by atoms with Crippen molar-refractivity contribution in [1.82, 2.24) is 10.6 Å². The fraction of sp³-hybridized carbons (Fsp3) is 0.304. The van der Waals surface area contributed by atoms with E-state index in [4.69, 9.17) is 22.1 Å². The van der Waals surface area contributed by atoms with Crippen molar-refractivity contribution in [2.75, 3.05) is 18.5 Å². The number of benzene rings is 2. The normalized spacial score (nSPS) is 22.1. The molecule has 0 aromatic heterocycles. The number of primary amides is 1. The van der Waals surface area contributed by atoms with Gasteiger partial charge >= 0.3 is 0 Å². The number of nitrogens with zero attached hydrogens (tertiary/aromatic N) is 1. The van der Waals surface area contributed by atoms with Gasteiger partial charge in [0, 0.05) is 24.9 Å². The summed E-state index contributed by atoms with van der Waals surface area (Å²) in [4.78, 5) is 42.3. The van der Waals surface area contributed by atoms with Crippen LogP contribution in [0.25, 0.3) is 0 Å². The molecule has 3 amide bonds. The average molecular weight is 488 g/mol. The minimum atomic E-state index is -1.59. The van der Waals surface area contributed by atoms with Gasteiger partial charge in [-0.1, -0.05) is 23.7 Å². The molecule has 1 saturated heterocycles. The van der Waals surface area contributed by atoms with E-state index in [1.165, 1.54) is 12.4 Å². The minimum Gasteiger partial charge on any atom is -0.381 e. The molecule has 2 unspecified atom stereocenters. The predicted octanol–water partition coefficient (Wildman–Crippen LogP) is 1.71. The van der Waals surface area contributed by atoms with Crippen LogP contribution in [-0.4, -0.2) is 49.4 Å². The summed E-state index contributed by atoms with van der Waals surface area (Å²) in [7, 11) is 0. The van der Waals surface area contributed by atoms with Crippen LogP contribution in [-0.2, 0) is 19.9 Å². The molecule has 2 aliphatic rings. The molecule has 2 aromatic carbocycles. The Hall–Kier alpha value is -3.50. The summed E-state index contributed by atoms with van der Waals surface area (Å²) in [6, 6.07) is 8.55. The summed E-state index contributed by atoms with van der Waals surface area (Å²) in [6.07, 6.45) is 2.64. The van der Waals surface area contributed by atoms with Crippen LogP contribution in [0, 0.1) is 5.82 Å². The number of anilines is 1. The second-order valence-corrected chi connectivity index (χ2v) is 8.46. The van der Waals surface area contributed by atoms with Gasteiger partial charge in [-0.2, -0.15) is 0 Å². The first-order valence-electron chi connectivity index (χ1n) is 10.7. The Labute approximate surface area is 199 Å². The SMILES string of the molecule is NC(=O)C1(c2ccc(NC(=O)c3ccc(F)cc3Cl)cc2)NC=NC1C(=O)NC1CCOCC1. The van der Waals surface area contributed by atoms with E-state index >= 15 is 0 Å². The number of carbonyl (C=O) groups is 3. The number of hydrogen-bond acceptors (Lipinski definition) is 6. The van der Waals surface area contributed by atoms with E-state index in [-0.39, 0.29) is 16.6 Å². The Balaban J connectivity index is 1.53. The van der Waals surface area contributed by atoms with Crippen molar-refractivity contribution in [2.45, 2.75) is 30.5 Å². The Morgan fingerprint density at radius 3 is 2.50 bits per heavy atom. The van der Waals surface area contributed by atoms with E-state index in [0.717, 1.165) is 12.1 Å². The van der Waals surface area contributed by atoms with Crippen molar-refractivity contribution in [3.63, 3.8) is 0 Å². The van der Waals surface area contributed by atoms with E-state index in [9.17, 15) is 18.8 Å². The Bertz CT molecular complexity index is 1140. The molecule has 0 aliphatic carbocycles. The molecule has 1 fully saturated rings. The molecular weight excluding hydrogens is 465 g/mol. The first-order chi connectivity index (χ1) is 16.3. The van der Waals surface area contributed by atoms with Crippen molar-refractivity contribution < 1.29 is 23.5 Å². The molecule has 34 heavy (non-hydrogen) atoms. The lowest BCUT2D eigenvalue weighted by atomic mass is 9.82. The number of aliphatic imine (C=N–C) groups is 1. The lowest BCUT2D eigenvalue weighted by molar-refractivity contribution is -0.132. The van der Waals surface area contributed by atoms with Gasteiger partial charge in [-0.05, 0) is 48.7 Å². The first kappa shape index (κ1) is 23.7. The fourth-order valence-corrected chi connectivity index (χ4v) is 4.32. The Kier molecular flexibility index (Phi) is 6.80. The monoisotopic (exact) mass is 487 g/mol. The van der Waals surface area contributed by atoms with E-state index in [0.29, 0.717) is 37.3 Å². The number of ether oxygens (including phenoxy) is 1. The third-order valence-electron chi connectivity index (χ3n) is 5.90. The van der Waals surface area contributed by atoms with Gasteiger partial charge in [-0.3, -0.25) is 19.4 Å². The highest BCUT2D eigenvalue weighted by molar-refractivity contribution is 6.34. The van der Waals surface area contributed by atoms with Gasteiger partial charge in [0.05, 0.1) is 16.9 Å². The number of nitrogens with one attached hydrogen (secondary N) is 3. The third kappa shape index (κ3) is 4.59. The molecule has 0 spiro atoms. The van der Waals surface area contributed by atoms with Crippen molar-refractivity contribution in [3.8, 4) is 0 Å². The molecule has 2 atom stereocenters. The van der Waals surface area contributed by atoms with Crippen LogP contribution in [0.3, 0.4) is 0 Å². The molecule has 2 aliphatic heterocycles. The number of hydrogen-bond donors (Lipinski definition) is 4. The van der Waals surface area contributed by atoms with Crippen LogP contribution in [0.1, 0.15) is 28.8 Å². The standard InChI is InChI=1S/C23H23ClFN5O4/c24-18-11-14(25)3-6-17(18)20(31)29-15-4-1-13(2-5-15)23(22(26)33)19(27-12-28-23)21(32)30-16-7-9-34-10-8-16/h1-6,11-12,16,19H,7-10H2,(H2,26,33)(H,27,28)(H,29,31)(H,30,32). The predicted molar refractivity (Wildman–Crippen MR) is 124 cm³/mol. The average Bonchev–Trinajstić information content (AvgIpc) is 3.27. The first-order valence-corrected chi connectivity index (χ1v) is 11.0. The number of carbonyl (C=O) groups excluding carboxylic acids is 3. The van der Waals surface area contributed by atoms with Crippen LogP contribution in [0.5, 0.6) is 0 Å². The molecule has 0 radical (unpaired) electrons. The van der Waals surface area contributed by atoms with Crippen molar-refractivity contribution in [2.24, 2.45) is 10.7 Å². The van der Waals surface area contributed by atoms with Crippen LogP contribution in [0.2, 0.25) is 5.02 Å². The Morgan fingerprint density at radius 1 is 1.15 bits per heavy atom. The van der Waals surface area contributed by atoms with E-state index in [1.54, 1.807) is 24.3 Å². The molecule has 0 saturated carbocycles. The maximum absolute atomic E-state index is 13.2. The summed E-state index contributed by atoms with van der Waals surface area (Å²) in [6.45, 7) is 1.10. The summed E-state index contributed by atoms with van der Waals surface area (Å²) >= 11 is 5.95. The molecule has 0 bridgehead atoms. The van der Waals surface area contributed by atoms with E-state index in [1.807, 2.05) is 0 Å². The van der Waals surface area contributed by atoms with Gasteiger partial charge in [0.25, 0.3) is 11.8 Å². The maximum atomic E-state index is 13.2. The summed E-state index contributed by atoms with van der Waals surface area (Å²) < 4.78 is 18.6. The zero-order valence-corrected chi connectivity index (χ0v) is 18.8. The number of amides is 3. The van der Waals surface area contributed by atoms with Gasteiger partial charge in [0.2, 0.25) is 5.91 Å². The number of halogens is 2. The highest BCUT2D eigenvalue weighted by Gasteiger charge is 2.52. The number of nitrogens with two attached hydrogens (primary N) is 1. The van der Waals surface area contributed by atoms with Crippen LogP contribution in [0.15, 0.2) is 47.5 Å². The van der Waals surface area contributed by atoms with Crippen molar-refractivity contribution in [3.05, 3.63) is 64.4 Å². The second kappa shape index (κ2) is 9.78. The largest absolute Gasteiger partial charge is 0.381 e. The third-order valence-corrected chi connectivity index (χ3v) is 6.22. The number of rotatable bonds is 6. The van der Waals surface area contributed by atoms with Crippen molar-refractivity contribution >= 4 is 41.3 Å². The van der Waals surface area contributed by atoms with E-state index < -0.39 is 35.1 Å². The van der Waals surface area contributed by atoms with Gasteiger partial charge in [-0.15, -0.1) is 0 Å². The van der Waals surface area contributed by atoms with Crippen molar-refractivity contribution in [1.29, 1.82) is 0 Å². The van der Waals surface area contributed by atoms with Gasteiger partial charge < -0.3 is 26.4 Å². The lowest BCUT2D eigenvalue weighted by Gasteiger charge is -2.33. The van der Waals surface area contributed by atoms with Gasteiger partial charge in [0.15, 0.2) is 11.6 Å². The van der Waals surface area contributed by atoms with Gasteiger partial charge in [-0.25, -0.2) is 4.39 Å². The minimum absolute atomic E-state index is 0.0208. The zero-order chi connectivity index (χ0) is 24.3. The summed E-state index contributed by atoms with van der Waals surface area (Å²) in [5.41, 5.74) is 5.08. The molecule has 2 aromatic rings. The van der Waals surface area contributed by atoms with E-state index in [2.05, 4.69) is 20.9 Å². The second-order valence-electron chi connectivity index (χ2n) is 8.05. The molecule has 11 heteroatoms. The highest BCUT2D eigenvalue weighted by Crippen LogP contribution is 2.31. The molecule has 4 rings (SSSR count). The van der Waals surface area contributed by atoms with Crippen LogP contribution >= 0.6 is 11.6 Å². The molecule has 178 valence electrons. The molecular formula is C23H23ClFN5O4. The Morgan fingerprint density at radius 2 is 1.85 bits per heavy atom. The molecule has 2 heterocycles. The smallest absolute Gasteiger partial charge is 0.257 e. The lowest BCUT2D eigenvalue weighted by Crippen LogP contribution is -2.60. The quantitative estimate of drug-likeness (QED) is 0.492. The fourth-order valence-electron chi connectivity index (χ4n) is 4.07. The topological polar surface area (TPSA) is 135 Å².